The van der Waals surface area contributed by atoms with Gasteiger partial charge in [-0.15, -0.1) is 0 Å². The summed E-state index contributed by atoms with van der Waals surface area (Å²) in [6.45, 7) is 10.4. The second-order valence-electron chi connectivity index (χ2n) is 5.22. The molecule has 18 heavy (non-hydrogen) atoms. The Balaban J connectivity index is 3.97. The van der Waals surface area contributed by atoms with Gasteiger partial charge in [0.1, 0.15) is 5.40 Å². The van der Waals surface area contributed by atoms with E-state index in [4.69, 9.17) is 14.1 Å². The van der Waals surface area contributed by atoms with E-state index in [0.717, 1.165) is 31.1 Å². The van der Waals surface area contributed by atoms with Crippen LogP contribution in [0, 0.1) is 10.7 Å². The maximum atomic E-state index is 8.43. The average Bonchev–Trinajstić information content (AvgIpc) is 2.20. The van der Waals surface area contributed by atoms with Gasteiger partial charge in [0.05, 0.1) is 0 Å². The molecule has 0 N–H and O–H groups in total. The van der Waals surface area contributed by atoms with Crippen molar-refractivity contribution in [3.63, 3.8) is 0 Å². The molecule has 3 nitrogen and oxygen atoms in total. The maximum Gasteiger partial charge on any atom is 0.335 e. The zero-order valence-electron chi connectivity index (χ0n) is 12.4. The van der Waals surface area contributed by atoms with Crippen LogP contribution in [-0.4, -0.2) is 26.5 Å². The molecule has 0 bridgehead atoms. The van der Waals surface area contributed by atoms with Crippen molar-refractivity contribution in [1.82, 2.24) is 0 Å². The Morgan fingerprint density at radius 1 is 1.06 bits per heavy atom. The van der Waals surface area contributed by atoms with Crippen molar-refractivity contribution in [1.29, 1.82) is 5.26 Å². The van der Waals surface area contributed by atoms with Gasteiger partial charge in [-0.3, -0.25) is 0 Å². The van der Waals surface area contributed by atoms with Gasteiger partial charge >= 0.3 is 8.56 Å². The van der Waals surface area contributed by atoms with E-state index in [1.807, 2.05) is 0 Å². The molecule has 0 radical (unpaired) electrons. The van der Waals surface area contributed by atoms with E-state index in [2.05, 4.69) is 39.6 Å². The molecule has 5 heteroatoms. The summed E-state index contributed by atoms with van der Waals surface area (Å²) in [5.74, 6) is 0.935. The van der Waals surface area contributed by atoms with Crippen molar-refractivity contribution >= 4 is 20.3 Å². The number of thioether (sulfide) groups is 1. The van der Waals surface area contributed by atoms with Crippen molar-refractivity contribution < 1.29 is 8.85 Å². The van der Waals surface area contributed by atoms with Gasteiger partial charge in [-0.1, -0.05) is 12.8 Å². The number of nitriles is 1. The summed E-state index contributed by atoms with van der Waals surface area (Å²) in [6, 6.07) is 1.04. The summed E-state index contributed by atoms with van der Waals surface area (Å²) in [5.41, 5.74) is 0. The second kappa shape index (κ2) is 9.85. The summed E-state index contributed by atoms with van der Waals surface area (Å²) >= 11 is 1.34. The van der Waals surface area contributed by atoms with Crippen LogP contribution in [0.25, 0.3) is 0 Å². The Kier molecular flexibility index (Phi) is 9.84. The van der Waals surface area contributed by atoms with Crippen LogP contribution >= 0.6 is 11.8 Å². The maximum absolute atomic E-state index is 8.43. The molecule has 0 unspecified atom stereocenters. The van der Waals surface area contributed by atoms with Crippen molar-refractivity contribution in [2.75, 3.05) is 5.75 Å². The Hall–Kier alpha value is -0.0231. The molecular formula is C13H27NO2SSi. The molecule has 0 atom stereocenters. The minimum Gasteiger partial charge on any atom is -0.392 e. The van der Waals surface area contributed by atoms with Crippen molar-refractivity contribution in [3.8, 4) is 5.40 Å². The fraction of sp³-hybridized carbons (Fsp3) is 0.923. The van der Waals surface area contributed by atoms with E-state index in [9.17, 15) is 0 Å². The molecule has 0 saturated carbocycles. The molecule has 0 saturated heterocycles. The molecule has 0 amide bonds. The molecule has 0 fully saturated rings. The number of nitrogens with zero attached hydrogens (tertiary/aromatic N) is 1. The highest BCUT2D eigenvalue weighted by Gasteiger charge is 2.33. The van der Waals surface area contributed by atoms with Gasteiger partial charge in [0, 0.05) is 18.0 Å². The van der Waals surface area contributed by atoms with E-state index in [0.29, 0.717) is 0 Å². The highest BCUT2D eigenvalue weighted by molar-refractivity contribution is 8.03. The van der Waals surface area contributed by atoms with Crippen LogP contribution in [0.1, 0.15) is 47.0 Å². The molecule has 0 heterocycles. The highest BCUT2D eigenvalue weighted by Crippen LogP contribution is 2.21. The predicted octanol–water partition coefficient (Wildman–Crippen LogP) is 4.29. The molecular weight excluding hydrogens is 262 g/mol. The summed E-state index contributed by atoms with van der Waals surface area (Å²) in [5, 5.41) is 10.5. The van der Waals surface area contributed by atoms with Crippen LogP contribution in [0.4, 0.5) is 0 Å². The monoisotopic (exact) mass is 289 g/mol. The molecule has 0 aliphatic rings. The quantitative estimate of drug-likeness (QED) is 0.342. The molecule has 106 valence electrons. The zero-order valence-corrected chi connectivity index (χ0v) is 14.2. The van der Waals surface area contributed by atoms with E-state index in [-0.39, 0.29) is 12.2 Å². The van der Waals surface area contributed by atoms with Gasteiger partial charge < -0.3 is 8.85 Å². The standard InChI is InChI=1S/C13H27NO2SSi/c1-12(2)15-18(5,16-13(3)4)10-8-6-7-9-17-11-14/h12-13H,6-10H2,1-5H3. The number of unbranched alkanes of at least 4 members (excludes halogenated alkanes) is 2. The Labute approximate surface area is 117 Å². The van der Waals surface area contributed by atoms with Crippen LogP contribution in [0.5, 0.6) is 0 Å². The molecule has 0 rings (SSSR count). The zero-order chi connectivity index (χ0) is 14.0. The van der Waals surface area contributed by atoms with E-state index >= 15 is 0 Å². The fourth-order valence-electron chi connectivity index (χ4n) is 1.99. The summed E-state index contributed by atoms with van der Waals surface area (Å²) in [4.78, 5) is 0. The van der Waals surface area contributed by atoms with E-state index in [1.54, 1.807) is 0 Å². The highest BCUT2D eigenvalue weighted by atomic mass is 32.2. The Morgan fingerprint density at radius 2 is 1.61 bits per heavy atom. The van der Waals surface area contributed by atoms with Gasteiger partial charge in [0.25, 0.3) is 0 Å². The van der Waals surface area contributed by atoms with Gasteiger partial charge in [-0.25, -0.2) is 0 Å². The van der Waals surface area contributed by atoms with Gasteiger partial charge in [-0.05, 0) is 58.5 Å². The lowest BCUT2D eigenvalue weighted by molar-refractivity contribution is 0.109. The van der Waals surface area contributed by atoms with E-state index < -0.39 is 8.56 Å². The van der Waals surface area contributed by atoms with Gasteiger partial charge in [-0.2, -0.15) is 5.26 Å². The van der Waals surface area contributed by atoms with Crippen molar-refractivity contribution in [2.24, 2.45) is 0 Å². The first-order valence-corrected chi connectivity index (χ1v) is 10.3. The second-order valence-corrected chi connectivity index (χ2v) is 9.34. The fourth-order valence-corrected chi connectivity index (χ4v) is 5.60. The lowest BCUT2D eigenvalue weighted by Gasteiger charge is -2.31. The van der Waals surface area contributed by atoms with Crippen LogP contribution < -0.4 is 0 Å². The van der Waals surface area contributed by atoms with Crippen LogP contribution in [0.3, 0.4) is 0 Å². The van der Waals surface area contributed by atoms with Crippen LogP contribution in [0.2, 0.25) is 12.6 Å². The first kappa shape index (κ1) is 18.0. The minimum atomic E-state index is -2.02. The molecule has 0 aromatic rings. The third-order valence-corrected chi connectivity index (χ3v) is 6.24. The smallest absolute Gasteiger partial charge is 0.335 e. The summed E-state index contributed by atoms with van der Waals surface area (Å²) in [6.07, 6.45) is 3.85. The largest absolute Gasteiger partial charge is 0.392 e. The Morgan fingerprint density at radius 3 is 2.06 bits per heavy atom. The Bertz CT molecular complexity index is 244. The molecule has 0 spiro atoms. The van der Waals surface area contributed by atoms with Gasteiger partial charge in [0.2, 0.25) is 0 Å². The van der Waals surface area contributed by atoms with E-state index in [1.165, 1.54) is 11.8 Å². The number of thiocyanates is 1. The third-order valence-electron chi connectivity index (χ3n) is 2.41. The van der Waals surface area contributed by atoms with Crippen LogP contribution in [-0.2, 0) is 8.85 Å². The first-order valence-electron chi connectivity index (χ1n) is 6.76. The molecule has 0 aromatic heterocycles. The average molecular weight is 290 g/mol. The number of hydrogen-bond donors (Lipinski definition) is 0. The SMILES string of the molecule is CC(C)O[Si](C)(CCCCCSC#N)OC(C)C. The summed E-state index contributed by atoms with van der Waals surface area (Å²) in [7, 11) is -2.02. The van der Waals surface area contributed by atoms with Gasteiger partial charge in [0.15, 0.2) is 0 Å². The topological polar surface area (TPSA) is 42.2 Å². The number of hydrogen-bond acceptors (Lipinski definition) is 4. The predicted molar refractivity (Wildman–Crippen MR) is 80.8 cm³/mol. The number of rotatable bonds is 10. The minimum absolute atomic E-state index is 0.231. The lowest BCUT2D eigenvalue weighted by Crippen LogP contribution is -2.42. The normalized spacial score (nSPS) is 12.1. The molecule has 0 aliphatic carbocycles. The molecule has 0 aromatic carbocycles. The lowest BCUT2D eigenvalue weighted by atomic mass is 10.3. The first-order chi connectivity index (χ1) is 8.39. The summed E-state index contributed by atoms with van der Waals surface area (Å²) < 4.78 is 12.1. The van der Waals surface area contributed by atoms with Crippen LogP contribution in [0.15, 0.2) is 0 Å². The molecule has 0 aliphatic heterocycles. The third kappa shape index (κ3) is 9.95. The van der Waals surface area contributed by atoms with Crippen molar-refractivity contribution in [2.45, 2.75) is 71.8 Å². The van der Waals surface area contributed by atoms with Crippen molar-refractivity contribution in [3.05, 3.63) is 0 Å².